The Morgan fingerprint density at radius 3 is 2.34 bits per heavy atom. The highest BCUT2D eigenvalue weighted by Crippen LogP contribution is 2.51. The average Bonchev–Trinajstić information content (AvgIpc) is 3.17. The van der Waals surface area contributed by atoms with Gasteiger partial charge in [-0.1, -0.05) is 31.9 Å². The monoisotopic (exact) mass is 586 g/mol. The molecule has 1 saturated heterocycles. The standard InChI is InChI=1S/C31H47N4O5P/c1-7-17-31(40-41(39-22-19-32-6)35(24(2)3)25(4)5)18-13-20-33(23-31)28(36)16-9-8-12-21-34-29(37)26-14-10-11-15-27(26)30(34)38/h10-11,14-15,24-25H,7-9,12-13,16-23H2,1-5H3. The van der Waals surface area contributed by atoms with Crippen molar-refractivity contribution in [3.05, 3.63) is 46.8 Å². The van der Waals surface area contributed by atoms with Crippen LogP contribution in [0.3, 0.4) is 0 Å². The second kappa shape index (κ2) is 15.7. The summed E-state index contributed by atoms with van der Waals surface area (Å²) in [6.07, 6.45) is 6.11. The molecule has 226 valence electrons. The number of hydrogen-bond acceptors (Lipinski definition) is 6. The number of carbonyl (C=O) groups is 3. The molecule has 2 heterocycles. The second-order valence-corrected chi connectivity index (χ2v) is 13.0. The van der Waals surface area contributed by atoms with Crippen molar-refractivity contribution in [1.82, 2.24) is 14.5 Å². The minimum absolute atomic E-state index is 0.123. The minimum Gasteiger partial charge on any atom is -0.340 e. The fourth-order valence-corrected chi connectivity index (χ4v) is 7.70. The van der Waals surface area contributed by atoms with Gasteiger partial charge in [0.05, 0.1) is 23.3 Å². The van der Waals surface area contributed by atoms with Crippen LogP contribution in [0.25, 0.3) is 4.85 Å². The number of rotatable bonds is 16. The molecule has 2 atom stereocenters. The van der Waals surface area contributed by atoms with Crippen LogP contribution in [0.2, 0.25) is 0 Å². The molecule has 0 aliphatic carbocycles. The van der Waals surface area contributed by atoms with E-state index < -0.39 is 14.1 Å². The van der Waals surface area contributed by atoms with Crippen LogP contribution < -0.4 is 0 Å². The van der Waals surface area contributed by atoms with Gasteiger partial charge in [-0.05, 0) is 71.9 Å². The molecule has 2 unspecified atom stereocenters. The quantitative estimate of drug-likeness (QED) is 0.0978. The number of carbonyl (C=O) groups excluding carboxylic acids is 3. The van der Waals surface area contributed by atoms with E-state index in [1.807, 2.05) is 4.90 Å². The number of likely N-dealkylation sites (tertiary alicyclic amines) is 1. The smallest absolute Gasteiger partial charge is 0.261 e. The maximum absolute atomic E-state index is 13.3. The average molecular weight is 587 g/mol. The van der Waals surface area contributed by atoms with Gasteiger partial charge in [0.25, 0.3) is 20.3 Å². The molecule has 1 fully saturated rings. The zero-order valence-corrected chi connectivity index (χ0v) is 26.3. The fraction of sp³-hybridized carbons (Fsp3) is 0.677. The number of amides is 3. The van der Waals surface area contributed by atoms with Crippen LogP contribution in [0.1, 0.15) is 107 Å². The molecule has 0 bridgehead atoms. The van der Waals surface area contributed by atoms with Crippen LogP contribution in [0.4, 0.5) is 0 Å². The second-order valence-electron chi connectivity index (χ2n) is 11.6. The Morgan fingerprint density at radius 2 is 1.76 bits per heavy atom. The molecule has 2 aliphatic heterocycles. The summed E-state index contributed by atoms with van der Waals surface area (Å²) in [6, 6.07) is 7.37. The molecule has 3 rings (SSSR count). The summed E-state index contributed by atoms with van der Waals surface area (Å²) in [4.78, 5) is 45.2. The first-order valence-electron chi connectivity index (χ1n) is 15.1. The van der Waals surface area contributed by atoms with E-state index in [4.69, 9.17) is 15.6 Å². The molecule has 2 aliphatic rings. The van der Waals surface area contributed by atoms with Crippen molar-refractivity contribution in [3.8, 4) is 0 Å². The van der Waals surface area contributed by atoms with Gasteiger partial charge in [-0.25, -0.2) is 11.2 Å². The predicted octanol–water partition coefficient (Wildman–Crippen LogP) is 6.30. The van der Waals surface area contributed by atoms with Crippen LogP contribution >= 0.6 is 8.53 Å². The van der Waals surface area contributed by atoms with Gasteiger partial charge in [0.2, 0.25) is 12.5 Å². The van der Waals surface area contributed by atoms with E-state index in [2.05, 4.69) is 44.1 Å². The SMILES string of the molecule is [C-]#[N+]CCOP(OC1(CCC)CCCN(C(=O)CCCCCN2C(=O)c3ccccc3C2=O)C1)N(C(C)C)C(C)C. The zero-order valence-electron chi connectivity index (χ0n) is 25.4. The van der Waals surface area contributed by atoms with Gasteiger partial charge in [0, 0.05) is 31.6 Å². The molecular weight excluding hydrogens is 539 g/mol. The van der Waals surface area contributed by atoms with Gasteiger partial charge in [-0.2, -0.15) is 0 Å². The van der Waals surface area contributed by atoms with Crippen LogP contribution in [-0.2, 0) is 13.8 Å². The van der Waals surface area contributed by atoms with Crippen molar-refractivity contribution < 1.29 is 23.4 Å². The molecule has 0 radical (unpaired) electrons. The Balaban J connectivity index is 1.55. The molecule has 9 nitrogen and oxygen atoms in total. The Hall–Kier alpha value is -2.37. The minimum atomic E-state index is -1.39. The normalized spacial score (nSPS) is 19.8. The number of hydrogen-bond donors (Lipinski definition) is 0. The van der Waals surface area contributed by atoms with Crippen molar-refractivity contribution in [3.63, 3.8) is 0 Å². The number of piperidine rings is 1. The molecule has 1 aromatic rings. The van der Waals surface area contributed by atoms with E-state index in [1.165, 1.54) is 4.90 Å². The first kappa shape index (κ1) is 33.1. The molecule has 0 N–H and O–H groups in total. The Morgan fingerprint density at radius 1 is 1.10 bits per heavy atom. The van der Waals surface area contributed by atoms with Crippen LogP contribution in [-0.4, -0.2) is 82.7 Å². The van der Waals surface area contributed by atoms with Crippen LogP contribution in [0, 0.1) is 6.57 Å². The maximum atomic E-state index is 13.3. The Bertz CT molecular complexity index is 1040. The summed E-state index contributed by atoms with van der Waals surface area (Å²) < 4.78 is 15.3. The topological polar surface area (TPSA) is 83.8 Å². The van der Waals surface area contributed by atoms with Gasteiger partial charge in [0.15, 0.2) is 0 Å². The lowest BCUT2D eigenvalue weighted by atomic mass is 9.88. The Kier molecular flexibility index (Phi) is 12.7. The van der Waals surface area contributed by atoms with Crippen molar-refractivity contribution in [2.75, 3.05) is 32.8 Å². The van der Waals surface area contributed by atoms with E-state index in [-0.39, 0.29) is 29.8 Å². The van der Waals surface area contributed by atoms with E-state index in [9.17, 15) is 14.4 Å². The van der Waals surface area contributed by atoms with Gasteiger partial charge >= 0.3 is 0 Å². The van der Waals surface area contributed by atoms with Gasteiger partial charge in [0.1, 0.15) is 6.61 Å². The van der Waals surface area contributed by atoms with E-state index >= 15 is 0 Å². The molecule has 0 saturated carbocycles. The molecule has 41 heavy (non-hydrogen) atoms. The highest BCUT2D eigenvalue weighted by Gasteiger charge is 2.42. The molecular formula is C31H47N4O5P. The Labute approximate surface area is 247 Å². The van der Waals surface area contributed by atoms with Crippen molar-refractivity contribution in [1.29, 1.82) is 0 Å². The third kappa shape index (κ3) is 8.58. The maximum Gasteiger partial charge on any atom is 0.261 e. The van der Waals surface area contributed by atoms with Crippen molar-refractivity contribution in [2.45, 2.75) is 104 Å². The lowest BCUT2D eigenvalue weighted by molar-refractivity contribution is -0.137. The zero-order chi connectivity index (χ0) is 30.0. The fourth-order valence-electron chi connectivity index (χ4n) is 5.86. The van der Waals surface area contributed by atoms with Gasteiger partial charge in [-0.15, -0.1) is 0 Å². The number of fused-ring (bicyclic) bond motifs is 1. The highest BCUT2D eigenvalue weighted by atomic mass is 31.2. The first-order valence-corrected chi connectivity index (χ1v) is 16.2. The van der Waals surface area contributed by atoms with E-state index in [0.29, 0.717) is 56.6 Å². The molecule has 1 aromatic carbocycles. The first-order chi connectivity index (χ1) is 19.6. The molecule has 3 amide bonds. The summed E-state index contributed by atoms with van der Waals surface area (Å²) in [7, 11) is -1.39. The predicted molar refractivity (Wildman–Crippen MR) is 161 cm³/mol. The molecule has 10 heteroatoms. The summed E-state index contributed by atoms with van der Waals surface area (Å²) >= 11 is 0. The molecule has 0 aromatic heterocycles. The lowest BCUT2D eigenvalue weighted by Gasteiger charge is -2.46. The van der Waals surface area contributed by atoms with E-state index in [0.717, 1.165) is 38.6 Å². The van der Waals surface area contributed by atoms with E-state index in [1.54, 1.807) is 24.3 Å². The summed E-state index contributed by atoms with van der Waals surface area (Å²) in [5.41, 5.74) is 0.474. The van der Waals surface area contributed by atoms with Crippen molar-refractivity contribution >= 4 is 26.2 Å². The third-order valence-electron chi connectivity index (χ3n) is 7.67. The summed E-state index contributed by atoms with van der Waals surface area (Å²) in [6.45, 7) is 20.1. The van der Waals surface area contributed by atoms with Crippen LogP contribution in [0.5, 0.6) is 0 Å². The highest BCUT2D eigenvalue weighted by molar-refractivity contribution is 7.44. The van der Waals surface area contributed by atoms with Gasteiger partial charge < -0.3 is 18.8 Å². The van der Waals surface area contributed by atoms with Gasteiger partial charge in [-0.3, -0.25) is 19.3 Å². The number of unbranched alkanes of at least 4 members (excludes halogenated alkanes) is 2. The van der Waals surface area contributed by atoms with Crippen molar-refractivity contribution in [2.24, 2.45) is 0 Å². The summed E-state index contributed by atoms with van der Waals surface area (Å²) in [5, 5.41) is 0. The van der Waals surface area contributed by atoms with Crippen LogP contribution in [0.15, 0.2) is 24.3 Å². The number of benzene rings is 1. The summed E-state index contributed by atoms with van der Waals surface area (Å²) in [5.74, 6) is -0.333. The largest absolute Gasteiger partial charge is 0.340 e. The number of nitrogens with zero attached hydrogens (tertiary/aromatic N) is 4. The number of imide groups is 1. The lowest BCUT2D eigenvalue weighted by Crippen LogP contribution is -2.52. The molecule has 0 spiro atoms. The third-order valence-corrected chi connectivity index (χ3v) is 9.92.